The zero-order valence-corrected chi connectivity index (χ0v) is 14.6. The van der Waals surface area contributed by atoms with Gasteiger partial charge in [-0.25, -0.2) is 9.13 Å². The number of azo groups is 1. The first kappa shape index (κ1) is 18.1. The Bertz CT molecular complexity index is 797. The fourth-order valence-electron chi connectivity index (χ4n) is 2.18. The van der Waals surface area contributed by atoms with E-state index in [1.807, 2.05) is 59.9 Å². The van der Waals surface area contributed by atoms with E-state index in [1.165, 1.54) is 0 Å². The molecule has 0 saturated heterocycles. The molecule has 0 atom stereocenters. The zero-order chi connectivity index (χ0) is 17.6. The van der Waals surface area contributed by atoms with Gasteiger partial charge in [-0.05, 0) is 37.1 Å². The summed E-state index contributed by atoms with van der Waals surface area (Å²) in [5.74, 6) is 0.439. The van der Waals surface area contributed by atoms with Gasteiger partial charge in [0.25, 0.3) is 10.1 Å². The predicted octanol–water partition coefficient (Wildman–Crippen LogP) is 2.44. The van der Waals surface area contributed by atoms with Crippen molar-refractivity contribution in [3.63, 3.8) is 0 Å². The third-order valence-corrected chi connectivity index (χ3v) is 4.31. The molecule has 8 nitrogen and oxygen atoms in total. The minimum atomic E-state index is -3.90. The van der Waals surface area contributed by atoms with Crippen LogP contribution < -0.4 is 9.88 Å². The molecule has 0 bridgehead atoms. The van der Waals surface area contributed by atoms with Crippen molar-refractivity contribution in [3.05, 3.63) is 36.7 Å². The van der Waals surface area contributed by atoms with Crippen molar-refractivity contribution in [1.29, 1.82) is 0 Å². The van der Waals surface area contributed by atoms with E-state index in [4.69, 9.17) is 4.55 Å². The van der Waals surface area contributed by atoms with Crippen LogP contribution in [0.2, 0.25) is 0 Å². The Morgan fingerprint density at radius 2 is 1.92 bits per heavy atom. The number of imidazole rings is 1. The van der Waals surface area contributed by atoms with Gasteiger partial charge < -0.3 is 5.32 Å². The van der Waals surface area contributed by atoms with E-state index in [0.29, 0.717) is 25.3 Å². The van der Waals surface area contributed by atoms with Crippen LogP contribution in [-0.4, -0.2) is 30.3 Å². The van der Waals surface area contributed by atoms with Crippen LogP contribution in [0.25, 0.3) is 0 Å². The number of anilines is 1. The lowest BCUT2D eigenvalue weighted by Gasteiger charge is -1.99. The van der Waals surface area contributed by atoms with Gasteiger partial charge in [-0.1, -0.05) is 5.11 Å². The maximum Gasteiger partial charge on any atom is 0.421 e. The molecule has 2 aromatic rings. The Balaban J connectivity index is 2.01. The van der Waals surface area contributed by atoms with E-state index < -0.39 is 10.1 Å². The molecule has 0 radical (unpaired) electrons. The van der Waals surface area contributed by atoms with Crippen molar-refractivity contribution in [2.75, 3.05) is 18.1 Å². The summed E-state index contributed by atoms with van der Waals surface area (Å²) in [5, 5.41) is 11.6. The van der Waals surface area contributed by atoms with E-state index >= 15 is 0 Å². The molecule has 2 N–H and O–H groups in total. The summed E-state index contributed by atoms with van der Waals surface area (Å²) in [6, 6.07) is 7.58. The van der Waals surface area contributed by atoms with Crippen LogP contribution in [0.5, 0.6) is 0 Å². The fourth-order valence-corrected chi connectivity index (χ4v) is 2.75. The third-order valence-electron chi connectivity index (χ3n) is 3.50. The molecule has 0 amide bonds. The highest BCUT2D eigenvalue weighted by molar-refractivity contribution is 7.85. The monoisotopic (exact) mass is 352 g/mol. The molecule has 1 aromatic carbocycles. The first-order chi connectivity index (χ1) is 11.4. The maximum absolute atomic E-state index is 10.7. The van der Waals surface area contributed by atoms with Crippen molar-refractivity contribution in [2.45, 2.75) is 19.4 Å². The number of hydrogen-bond donors (Lipinski definition) is 2. The van der Waals surface area contributed by atoms with Crippen molar-refractivity contribution in [1.82, 2.24) is 4.57 Å². The molecular formula is C15H22N5O3S+. The molecular weight excluding hydrogens is 330 g/mol. The Kier molecular flexibility index (Phi) is 6.04. The first-order valence-corrected chi connectivity index (χ1v) is 9.19. The average Bonchev–Trinajstić information content (AvgIpc) is 2.89. The van der Waals surface area contributed by atoms with Gasteiger partial charge in [0.1, 0.15) is 5.69 Å². The van der Waals surface area contributed by atoms with E-state index in [1.54, 1.807) is 0 Å². The Morgan fingerprint density at radius 1 is 1.21 bits per heavy atom. The van der Waals surface area contributed by atoms with Crippen LogP contribution in [0.1, 0.15) is 12.8 Å². The standard InChI is InChI=1S/C15H21N5O3S/c1-16-13-5-7-14(8-6-13)17-18-15-19(2)10-11-20(15)9-3-4-12-24(21,22)23/h5-8,10-11H,3-4,9,12H2,1-2H3,(H,21,22,23)/p+1. The van der Waals surface area contributed by atoms with Crippen molar-refractivity contribution >= 4 is 27.4 Å². The van der Waals surface area contributed by atoms with Crippen LogP contribution in [-0.2, 0) is 23.7 Å². The lowest BCUT2D eigenvalue weighted by atomic mass is 10.3. The lowest BCUT2D eigenvalue weighted by molar-refractivity contribution is -0.657. The molecule has 0 spiro atoms. The van der Waals surface area contributed by atoms with Gasteiger partial charge in [0, 0.05) is 17.8 Å². The second-order valence-corrected chi connectivity index (χ2v) is 6.96. The van der Waals surface area contributed by atoms with E-state index in [2.05, 4.69) is 15.5 Å². The van der Waals surface area contributed by atoms with Crippen LogP contribution in [0.15, 0.2) is 46.9 Å². The quantitative estimate of drug-likeness (QED) is 0.330. The SMILES string of the molecule is CNc1ccc(N=Nc2n(CCCCS(=O)(=O)O)cc[n+]2C)cc1. The second-order valence-electron chi connectivity index (χ2n) is 5.39. The molecule has 0 aliphatic carbocycles. The van der Waals surface area contributed by atoms with Crippen LogP contribution in [0.3, 0.4) is 0 Å². The highest BCUT2D eigenvalue weighted by Gasteiger charge is 2.14. The minimum Gasteiger partial charge on any atom is -0.388 e. The van der Waals surface area contributed by atoms with Gasteiger partial charge in [-0.2, -0.15) is 8.42 Å². The second kappa shape index (κ2) is 8.02. The number of hydrogen-bond acceptors (Lipinski definition) is 5. The molecule has 0 aliphatic rings. The summed E-state index contributed by atoms with van der Waals surface area (Å²) >= 11 is 0. The molecule has 0 unspecified atom stereocenters. The smallest absolute Gasteiger partial charge is 0.388 e. The number of nitrogens with one attached hydrogen (secondary N) is 1. The molecule has 2 rings (SSSR count). The number of nitrogens with zero attached hydrogens (tertiary/aromatic N) is 4. The first-order valence-electron chi connectivity index (χ1n) is 7.58. The zero-order valence-electron chi connectivity index (χ0n) is 13.8. The average molecular weight is 352 g/mol. The Morgan fingerprint density at radius 3 is 2.54 bits per heavy atom. The number of rotatable bonds is 8. The molecule has 1 heterocycles. The van der Waals surface area contributed by atoms with Crippen molar-refractivity contribution in [2.24, 2.45) is 17.3 Å². The van der Waals surface area contributed by atoms with Gasteiger partial charge in [0.2, 0.25) is 0 Å². The molecule has 9 heteroatoms. The van der Waals surface area contributed by atoms with E-state index in [0.717, 1.165) is 11.4 Å². The third kappa shape index (κ3) is 5.43. The summed E-state index contributed by atoms with van der Waals surface area (Å²) in [6.07, 6.45) is 4.74. The van der Waals surface area contributed by atoms with E-state index in [-0.39, 0.29) is 5.75 Å². The summed E-state index contributed by atoms with van der Waals surface area (Å²) in [4.78, 5) is 0. The Hall–Kier alpha value is -2.26. The van der Waals surface area contributed by atoms with Gasteiger partial charge in [-0.3, -0.25) is 4.55 Å². The van der Waals surface area contributed by atoms with Gasteiger partial charge in [0.05, 0.1) is 31.7 Å². The Labute approximate surface area is 141 Å². The molecule has 0 saturated carbocycles. The lowest BCUT2D eigenvalue weighted by Crippen LogP contribution is -2.25. The summed E-state index contributed by atoms with van der Waals surface area (Å²) in [6.45, 7) is 0.601. The van der Waals surface area contributed by atoms with Gasteiger partial charge in [-0.15, -0.1) is 0 Å². The van der Waals surface area contributed by atoms with Gasteiger partial charge >= 0.3 is 5.95 Å². The number of benzene rings is 1. The van der Waals surface area contributed by atoms with Crippen molar-refractivity contribution < 1.29 is 17.5 Å². The largest absolute Gasteiger partial charge is 0.421 e. The highest BCUT2D eigenvalue weighted by Crippen LogP contribution is 2.18. The number of aromatic nitrogens is 2. The molecule has 1 aromatic heterocycles. The summed E-state index contributed by atoms with van der Waals surface area (Å²) < 4.78 is 33.9. The minimum absolute atomic E-state index is 0.227. The van der Waals surface area contributed by atoms with Crippen LogP contribution in [0, 0.1) is 0 Å². The maximum atomic E-state index is 10.7. The topological polar surface area (TPSA) is 99.9 Å². The molecule has 0 fully saturated rings. The predicted molar refractivity (Wildman–Crippen MR) is 91.4 cm³/mol. The van der Waals surface area contributed by atoms with Gasteiger partial charge in [0.15, 0.2) is 0 Å². The van der Waals surface area contributed by atoms with Crippen LogP contribution in [0.4, 0.5) is 17.3 Å². The molecule has 24 heavy (non-hydrogen) atoms. The van der Waals surface area contributed by atoms with Crippen molar-refractivity contribution in [3.8, 4) is 0 Å². The highest BCUT2D eigenvalue weighted by atomic mass is 32.2. The summed E-state index contributed by atoms with van der Waals surface area (Å²) in [7, 11) is -0.176. The van der Waals surface area contributed by atoms with E-state index in [9.17, 15) is 8.42 Å². The molecule has 0 aliphatic heterocycles. The number of unbranched alkanes of at least 4 members (excludes halogenated alkanes) is 1. The normalized spacial score (nSPS) is 12.0. The number of aryl methyl sites for hydroxylation is 2. The molecule has 130 valence electrons. The fraction of sp³-hybridized carbons (Fsp3) is 0.400. The van der Waals surface area contributed by atoms with Crippen LogP contribution >= 0.6 is 0 Å². The summed E-state index contributed by atoms with van der Waals surface area (Å²) in [5.41, 5.74) is 1.75.